The van der Waals surface area contributed by atoms with Gasteiger partial charge in [-0.1, -0.05) is 55.0 Å². The molecule has 2 amide bonds. The Morgan fingerprint density at radius 2 is 1.73 bits per heavy atom. The normalized spacial score (nSPS) is 10.7. The molecule has 1 aromatic heterocycles. The summed E-state index contributed by atoms with van der Waals surface area (Å²) in [5.41, 5.74) is 3.87. The highest BCUT2D eigenvalue weighted by Crippen LogP contribution is 2.29. The number of esters is 1. The molecule has 0 aliphatic carbocycles. The van der Waals surface area contributed by atoms with E-state index < -0.39 is 17.8 Å². The number of amides is 2. The lowest BCUT2D eigenvalue weighted by atomic mass is 10.2. The van der Waals surface area contributed by atoms with E-state index in [1.807, 2.05) is 30.3 Å². The van der Waals surface area contributed by atoms with Gasteiger partial charge in [-0.2, -0.15) is 5.10 Å². The first-order chi connectivity index (χ1) is 20.0. The molecule has 0 atom stereocenters. The molecule has 0 aliphatic heterocycles. The summed E-state index contributed by atoms with van der Waals surface area (Å²) in [4.78, 5) is 37.0. The van der Waals surface area contributed by atoms with Crippen LogP contribution in [0, 0.1) is 0 Å². The fraction of sp³-hybridized carbons (Fsp3) is 0.172. The van der Waals surface area contributed by atoms with E-state index in [1.165, 1.54) is 19.4 Å². The fourth-order valence-corrected chi connectivity index (χ4v) is 4.11. The summed E-state index contributed by atoms with van der Waals surface area (Å²) in [5.74, 6) is -1.34. The summed E-state index contributed by atoms with van der Waals surface area (Å²) in [6.07, 6.45) is 3.30. The van der Waals surface area contributed by atoms with Gasteiger partial charge in [0.1, 0.15) is 10.8 Å². The summed E-state index contributed by atoms with van der Waals surface area (Å²) in [5, 5.41) is 14.9. The molecule has 1 heterocycles. The zero-order valence-electron chi connectivity index (χ0n) is 22.3. The van der Waals surface area contributed by atoms with Crippen molar-refractivity contribution in [3.05, 3.63) is 83.9 Å². The number of unbranched alkanes of at least 4 members (excludes halogenated alkanes) is 1. The molecule has 4 aromatic rings. The van der Waals surface area contributed by atoms with E-state index in [0.717, 1.165) is 29.7 Å². The Balaban J connectivity index is 1.30. The number of aromatic nitrogens is 2. The molecule has 3 aromatic carbocycles. The first-order valence-corrected chi connectivity index (χ1v) is 13.4. The highest BCUT2D eigenvalue weighted by atomic mass is 32.1. The van der Waals surface area contributed by atoms with E-state index in [2.05, 4.69) is 33.0 Å². The predicted octanol–water partition coefficient (Wildman–Crippen LogP) is 4.70. The Bertz CT molecular complexity index is 1520. The molecule has 2 N–H and O–H groups in total. The molecule has 0 saturated heterocycles. The van der Waals surface area contributed by atoms with Gasteiger partial charge in [-0.05, 0) is 54.4 Å². The Morgan fingerprint density at radius 1 is 0.951 bits per heavy atom. The van der Waals surface area contributed by atoms with Crippen LogP contribution < -0.4 is 25.0 Å². The van der Waals surface area contributed by atoms with E-state index in [0.29, 0.717) is 28.5 Å². The van der Waals surface area contributed by atoms with Gasteiger partial charge in [0.15, 0.2) is 11.5 Å². The van der Waals surface area contributed by atoms with Crippen molar-refractivity contribution in [2.45, 2.75) is 19.8 Å². The van der Waals surface area contributed by atoms with Crippen molar-refractivity contribution in [1.29, 1.82) is 0 Å². The van der Waals surface area contributed by atoms with E-state index in [9.17, 15) is 14.4 Å². The maximum absolute atomic E-state index is 12.6. The topological polar surface area (TPSA) is 141 Å². The van der Waals surface area contributed by atoms with Gasteiger partial charge >= 0.3 is 17.8 Å². The summed E-state index contributed by atoms with van der Waals surface area (Å²) in [6, 6.07) is 20.7. The van der Waals surface area contributed by atoms with Crippen LogP contribution in [0.25, 0.3) is 10.6 Å². The van der Waals surface area contributed by atoms with Crippen molar-refractivity contribution in [1.82, 2.24) is 15.6 Å². The SMILES string of the molecule is CCCCOc1ccc(C(=O)Oc2ccc(/C=N\NC(=O)C(=O)Nc3nnc(-c4ccccc4)s3)cc2OC)cc1. The Morgan fingerprint density at radius 3 is 2.46 bits per heavy atom. The number of hydrazone groups is 1. The lowest BCUT2D eigenvalue weighted by Gasteiger charge is -2.10. The number of hydrogen-bond acceptors (Lipinski definition) is 10. The molecule has 0 radical (unpaired) electrons. The van der Waals surface area contributed by atoms with E-state index >= 15 is 0 Å². The molecule has 0 fully saturated rings. The number of nitrogens with zero attached hydrogens (tertiary/aromatic N) is 3. The molecule has 4 rings (SSSR count). The van der Waals surface area contributed by atoms with Crippen LogP contribution in [0.2, 0.25) is 0 Å². The standard InChI is InChI=1S/C29H27N5O6S/c1-3-4-16-39-22-13-11-21(12-14-22)28(37)40-23-15-10-19(17-24(23)38-2)18-30-32-26(36)25(35)31-29-34-33-27(41-29)20-8-6-5-7-9-20/h5-15,17-18H,3-4,16H2,1-2H3,(H,32,36)(H,31,34,35)/b30-18-. The van der Waals surface area contributed by atoms with Gasteiger partial charge in [-0.15, -0.1) is 10.2 Å². The van der Waals surface area contributed by atoms with Gasteiger partial charge < -0.3 is 14.2 Å². The number of carbonyl (C=O) groups excluding carboxylic acids is 3. The molecule has 0 aliphatic rings. The molecular formula is C29H27N5O6S. The lowest BCUT2D eigenvalue weighted by Crippen LogP contribution is -2.32. The van der Waals surface area contributed by atoms with Crippen molar-refractivity contribution in [2.75, 3.05) is 19.0 Å². The van der Waals surface area contributed by atoms with Gasteiger partial charge in [-0.3, -0.25) is 14.9 Å². The molecule has 41 heavy (non-hydrogen) atoms. The van der Waals surface area contributed by atoms with Crippen LogP contribution >= 0.6 is 11.3 Å². The fourth-order valence-electron chi connectivity index (χ4n) is 3.37. The lowest BCUT2D eigenvalue weighted by molar-refractivity contribution is -0.136. The number of nitrogens with one attached hydrogen (secondary N) is 2. The molecule has 11 nitrogen and oxygen atoms in total. The van der Waals surface area contributed by atoms with Gasteiger partial charge in [0.2, 0.25) is 5.13 Å². The minimum Gasteiger partial charge on any atom is -0.494 e. The molecule has 210 valence electrons. The Hall–Kier alpha value is -5.10. The summed E-state index contributed by atoms with van der Waals surface area (Å²) in [6.45, 7) is 2.70. The number of anilines is 1. The average molecular weight is 574 g/mol. The molecule has 0 spiro atoms. The number of rotatable bonds is 11. The Kier molecular flexibility index (Phi) is 10.1. The van der Waals surface area contributed by atoms with Crippen molar-refractivity contribution in [3.63, 3.8) is 0 Å². The zero-order valence-corrected chi connectivity index (χ0v) is 23.1. The first kappa shape index (κ1) is 28.9. The summed E-state index contributed by atoms with van der Waals surface area (Å²) in [7, 11) is 1.43. The molecule has 0 unspecified atom stereocenters. The second-order valence-corrected chi connectivity index (χ2v) is 9.44. The molecular weight excluding hydrogens is 546 g/mol. The van der Waals surface area contributed by atoms with E-state index in [4.69, 9.17) is 14.2 Å². The van der Waals surface area contributed by atoms with Crippen LogP contribution in [0.15, 0.2) is 77.9 Å². The van der Waals surface area contributed by atoms with Crippen molar-refractivity contribution >= 4 is 40.5 Å². The highest BCUT2D eigenvalue weighted by molar-refractivity contribution is 7.18. The van der Waals surface area contributed by atoms with Gasteiger partial charge in [-0.25, -0.2) is 10.2 Å². The maximum Gasteiger partial charge on any atom is 0.343 e. The molecule has 12 heteroatoms. The van der Waals surface area contributed by atoms with Crippen LogP contribution in [0.4, 0.5) is 5.13 Å². The number of ether oxygens (including phenoxy) is 3. The predicted molar refractivity (Wildman–Crippen MR) is 155 cm³/mol. The maximum atomic E-state index is 12.6. The van der Waals surface area contributed by atoms with Crippen molar-refractivity contribution in [2.24, 2.45) is 5.10 Å². The number of carbonyl (C=O) groups is 3. The summed E-state index contributed by atoms with van der Waals surface area (Å²) < 4.78 is 16.4. The van der Waals surface area contributed by atoms with Gasteiger partial charge in [0.25, 0.3) is 0 Å². The molecule has 0 bridgehead atoms. The van der Waals surface area contributed by atoms with Crippen molar-refractivity contribution < 1.29 is 28.6 Å². The minimum atomic E-state index is -0.989. The van der Waals surface area contributed by atoms with Gasteiger partial charge in [0, 0.05) is 5.56 Å². The number of methoxy groups -OCH3 is 1. The first-order valence-electron chi connectivity index (χ1n) is 12.6. The quantitative estimate of drug-likeness (QED) is 0.0657. The second kappa shape index (κ2) is 14.3. The monoisotopic (exact) mass is 573 g/mol. The Labute approximate surface area is 240 Å². The van der Waals surface area contributed by atoms with Crippen LogP contribution in [0.1, 0.15) is 35.7 Å². The van der Waals surface area contributed by atoms with Crippen LogP contribution in [0.5, 0.6) is 17.2 Å². The zero-order chi connectivity index (χ0) is 29.0. The van der Waals surface area contributed by atoms with Gasteiger partial charge in [0.05, 0.1) is 25.5 Å². The van der Waals surface area contributed by atoms with Crippen LogP contribution in [-0.2, 0) is 9.59 Å². The third-order valence-corrected chi connectivity index (χ3v) is 6.39. The highest BCUT2D eigenvalue weighted by Gasteiger charge is 2.17. The summed E-state index contributed by atoms with van der Waals surface area (Å²) >= 11 is 1.14. The van der Waals surface area contributed by atoms with E-state index in [1.54, 1.807) is 36.4 Å². The number of benzene rings is 3. The van der Waals surface area contributed by atoms with E-state index in [-0.39, 0.29) is 16.6 Å². The average Bonchev–Trinajstić information content (AvgIpc) is 3.47. The second-order valence-electron chi connectivity index (χ2n) is 8.46. The number of hydrogen-bond donors (Lipinski definition) is 2. The third-order valence-electron chi connectivity index (χ3n) is 5.50. The van der Waals surface area contributed by atoms with Crippen LogP contribution in [0.3, 0.4) is 0 Å². The third kappa shape index (κ3) is 8.19. The molecule has 0 saturated carbocycles. The minimum absolute atomic E-state index is 0.180. The smallest absolute Gasteiger partial charge is 0.343 e. The van der Waals surface area contributed by atoms with Crippen molar-refractivity contribution in [3.8, 4) is 27.8 Å². The van der Waals surface area contributed by atoms with Crippen LogP contribution in [-0.4, -0.2) is 47.9 Å². The largest absolute Gasteiger partial charge is 0.494 e.